The summed E-state index contributed by atoms with van der Waals surface area (Å²) >= 11 is 0. The van der Waals surface area contributed by atoms with Crippen LogP contribution in [0.15, 0.2) is 73.3 Å². The minimum absolute atomic E-state index is 0.0972. The van der Waals surface area contributed by atoms with Crippen molar-refractivity contribution in [2.75, 3.05) is 0 Å². The molecular formula is C32H38O3. The van der Waals surface area contributed by atoms with E-state index in [2.05, 4.69) is 50.8 Å². The van der Waals surface area contributed by atoms with E-state index in [1.807, 2.05) is 30.4 Å². The Hall–Kier alpha value is -3.07. The fourth-order valence-corrected chi connectivity index (χ4v) is 6.32. The molecule has 0 saturated heterocycles. The number of allylic oxidation sites excluding steroid dienone is 2. The molecule has 35 heavy (non-hydrogen) atoms. The fourth-order valence-electron chi connectivity index (χ4n) is 6.32. The topological polar surface area (TPSA) is 46.5 Å². The van der Waals surface area contributed by atoms with Crippen molar-refractivity contribution in [2.45, 2.75) is 63.9 Å². The molecule has 0 atom stereocenters. The van der Waals surface area contributed by atoms with Gasteiger partial charge in [-0.25, -0.2) is 4.79 Å². The molecule has 0 spiro atoms. The summed E-state index contributed by atoms with van der Waals surface area (Å²) in [6.07, 6.45) is 16.9. The lowest BCUT2D eigenvalue weighted by molar-refractivity contribution is -0.181. The first-order valence-electron chi connectivity index (χ1n) is 12.9. The SMILES string of the molecule is C=CC(=O)OC12CC3CC(CC(C3)C1)C2.CC(C)c1ccc(C=CC=Cc2ccc(O)cc2)cc1. The van der Waals surface area contributed by atoms with E-state index >= 15 is 0 Å². The number of carbonyl (C=O) groups is 1. The molecule has 2 aromatic carbocycles. The van der Waals surface area contributed by atoms with Crippen molar-refractivity contribution >= 4 is 18.1 Å². The van der Waals surface area contributed by atoms with Crippen molar-refractivity contribution in [2.24, 2.45) is 17.8 Å². The first kappa shape index (κ1) is 25.0. The van der Waals surface area contributed by atoms with E-state index in [-0.39, 0.29) is 11.6 Å². The van der Waals surface area contributed by atoms with E-state index in [1.54, 1.807) is 12.1 Å². The second-order valence-corrected chi connectivity index (χ2v) is 10.9. The molecule has 2 aromatic rings. The molecule has 1 N–H and O–H groups in total. The monoisotopic (exact) mass is 470 g/mol. The summed E-state index contributed by atoms with van der Waals surface area (Å²) in [6, 6.07) is 15.8. The van der Waals surface area contributed by atoms with Gasteiger partial charge in [0.2, 0.25) is 0 Å². The van der Waals surface area contributed by atoms with E-state index in [0.29, 0.717) is 11.7 Å². The van der Waals surface area contributed by atoms with Crippen molar-refractivity contribution in [3.8, 4) is 5.75 Å². The van der Waals surface area contributed by atoms with Crippen molar-refractivity contribution in [1.29, 1.82) is 0 Å². The van der Waals surface area contributed by atoms with Gasteiger partial charge in [-0.2, -0.15) is 0 Å². The van der Waals surface area contributed by atoms with Crippen LogP contribution in [0.5, 0.6) is 5.75 Å². The maximum absolute atomic E-state index is 11.4. The smallest absolute Gasteiger partial charge is 0.330 e. The van der Waals surface area contributed by atoms with Crippen LogP contribution in [-0.4, -0.2) is 16.7 Å². The molecule has 6 rings (SSSR count). The molecule has 4 aliphatic rings. The maximum atomic E-state index is 11.4. The Morgan fingerprint density at radius 3 is 1.77 bits per heavy atom. The molecule has 0 aromatic heterocycles. The Labute approximate surface area is 210 Å². The highest BCUT2D eigenvalue weighted by molar-refractivity contribution is 5.81. The first-order chi connectivity index (χ1) is 16.8. The van der Waals surface area contributed by atoms with Gasteiger partial charge in [-0.15, -0.1) is 0 Å². The molecule has 0 unspecified atom stereocenters. The van der Waals surface area contributed by atoms with Crippen molar-refractivity contribution in [3.05, 3.63) is 90.0 Å². The molecule has 3 nitrogen and oxygen atoms in total. The number of aromatic hydroxyl groups is 1. The van der Waals surface area contributed by atoms with Gasteiger partial charge < -0.3 is 9.84 Å². The molecule has 4 aliphatic carbocycles. The van der Waals surface area contributed by atoms with Gasteiger partial charge in [0, 0.05) is 6.08 Å². The normalized spacial score (nSPS) is 26.7. The van der Waals surface area contributed by atoms with Crippen LogP contribution < -0.4 is 0 Å². The van der Waals surface area contributed by atoms with Gasteiger partial charge in [0.15, 0.2) is 0 Å². The number of ether oxygens (including phenoxy) is 1. The molecule has 4 saturated carbocycles. The number of hydrogen-bond donors (Lipinski definition) is 1. The molecule has 0 aliphatic heterocycles. The van der Waals surface area contributed by atoms with Crippen LogP contribution in [-0.2, 0) is 9.53 Å². The molecule has 0 heterocycles. The lowest BCUT2D eigenvalue weighted by atomic mass is 9.54. The lowest BCUT2D eigenvalue weighted by Crippen LogP contribution is -2.52. The minimum atomic E-state index is -0.225. The summed E-state index contributed by atoms with van der Waals surface area (Å²) in [5.41, 5.74) is 3.54. The van der Waals surface area contributed by atoms with Crippen LogP contribution in [0.1, 0.15) is 75.0 Å². The second kappa shape index (κ2) is 11.1. The number of hydrogen-bond acceptors (Lipinski definition) is 3. The fraction of sp³-hybridized carbons (Fsp3) is 0.406. The largest absolute Gasteiger partial charge is 0.508 e. The van der Waals surface area contributed by atoms with E-state index in [4.69, 9.17) is 4.74 Å². The summed E-state index contributed by atoms with van der Waals surface area (Å²) in [7, 11) is 0. The van der Waals surface area contributed by atoms with Crippen LogP contribution in [0.4, 0.5) is 0 Å². The summed E-state index contributed by atoms with van der Waals surface area (Å²) in [5, 5.41) is 9.20. The van der Waals surface area contributed by atoms with Crippen LogP contribution in [0.3, 0.4) is 0 Å². The van der Waals surface area contributed by atoms with Crippen LogP contribution in [0, 0.1) is 17.8 Å². The van der Waals surface area contributed by atoms with Crippen molar-refractivity contribution in [1.82, 2.24) is 0 Å². The zero-order chi connectivity index (χ0) is 24.8. The number of phenolic OH excluding ortho intramolecular Hbond substituents is 1. The number of esters is 1. The molecule has 4 fully saturated rings. The number of carbonyl (C=O) groups excluding carboxylic acids is 1. The third kappa shape index (κ3) is 6.75. The van der Waals surface area contributed by atoms with E-state index < -0.39 is 0 Å². The molecule has 3 heteroatoms. The Morgan fingerprint density at radius 2 is 1.34 bits per heavy atom. The van der Waals surface area contributed by atoms with Gasteiger partial charge in [-0.3, -0.25) is 0 Å². The Morgan fingerprint density at radius 1 is 0.886 bits per heavy atom. The van der Waals surface area contributed by atoms with Crippen molar-refractivity contribution < 1.29 is 14.6 Å². The second-order valence-electron chi connectivity index (χ2n) is 10.9. The van der Waals surface area contributed by atoms with Gasteiger partial charge in [0.05, 0.1) is 0 Å². The van der Waals surface area contributed by atoms with E-state index in [0.717, 1.165) is 42.6 Å². The first-order valence-corrected chi connectivity index (χ1v) is 12.9. The summed E-state index contributed by atoms with van der Waals surface area (Å²) in [4.78, 5) is 11.4. The van der Waals surface area contributed by atoms with E-state index in [9.17, 15) is 9.90 Å². The molecule has 4 bridgehead atoms. The predicted molar refractivity (Wildman–Crippen MR) is 144 cm³/mol. The van der Waals surface area contributed by atoms with Gasteiger partial charge in [-0.1, -0.05) is 81.1 Å². The highest BCUT2D eigenvalue weighted by atomic mass is 16.6. The quantitative estimate of drug-likeness (QED) is 0.265. The van der Waals surface area contributed by atoms with Gasteiger partial charge in [-0.05, 0) is 91.0 Å². The number of rotatable bonds is 6. The van der Waals surface area contributed by atoms with Crippen LogP contribution in [0.2, 0.25) is 0 Å². The van der Waals surface area contributed by atoms with Gasteiger partial charge >= 0.3 is 5.97 Å². The standard InChI is InChI=1S/C19H20O.C13H18O2/c1-15(2)18-11-7-16(8-12-18)5-3-4-6-17-9-13-19(20)14-10-17;1-2-12(14)15-13-6-9-3-10(7-13)5-11(4-9)8-13/h3-15,20H,1-2H3;2,9-11H,1,3-8H2. The van der Waals surface area contributed by atoms with Gasteiger partial charge in [0.25, 0.3) is 0 Å². The third-order valence-electron chi connectivity index (χ3n) is 7.65. The highest BCUT2D eigenvalue weighted by Crippen LogP contribution is 2.57. The molecule has 0 radical (unpaired) electrons. The van der Waals surface area contributed by atoms with Gasteiger partial charge in [0.1, 0.15) is 11.4 Å². The van der Waals surface area contributed by atoms with Crippen LogP contribution in [0.25, 0.3) is 12.2 Å². The number of phenols is 1. The third-order valence-corrected chi connectivity index (χ3v) is 7.65. The maximum Gasteiger partial charge on any atom is 0.330 e. The average molecular weight is 471 g/mol. The van der Waals surface area contributed by atoms with Crippen LogP contribution >= 0.6 is 0 Å². The lowest BCUT2D eigenvalue weighted by Gasteiger charge is -2.55. The predicted octanol–water partition coefficient (Wildman–Crippen LogP) is 7.93. The Balaban J connectivity index is 0.000000171. The van der Waals surface area contributed by atoms with Crippen molar-refractivity contribution in [3.63, 3.8) is 0 Å². The zero-order valence-electron chi connectivity index (χ0n) is 21.0. The summed E-state index contributed by atoms with van der Waals surface area (Å²) in [5.74, 6) is 3.12. The summed E-state index contributed by atoms with van der Waals surface area (Å²) in [6.45, 7) is 7.88. The van der Waals surface area contributed by atoms with E-state index in [1.165, 1.54) is 36.5 Å². The minimum Gasteiger partial charge on any atom is -0.508 e. The Bertz CT molecular complexity index is 1020. The molecule has 184 valence electrons. The Kier molecular flexibility index (Phi) is 7.95. The highest BCUT2D eigenvalue weighted by Gasteiger charge is 2.52. The number of benzene rings is 2. The molecule has 0 amide bonds. The summed E-state index contributed by atoms with van der Waals surface area (Å²) < 4.78 is 5.64. The molecular weight excluding hydrogens is 432 g/mol. The average Bonchev–Trinajstić information content (AvgIpc) is 2.82. The zero-order valence-corrected chi connectivity index (χ0v) is 21.0.